The Bertz CT molecular complexity index is 2690. The van der Waals surface area contributed by atoms with Gasteiger partial charge in [-0.1, -0.05) is 109 Å². The Balaban J connectivity index is 1.18. The Hall–Kier alpha value is -6.45. The number of allylic oxidation sites excluding steroid dienone is 4. The molecule has 0 spiro atoms. The molecule has 0 amide bonds. The summed E-state index contributed by atoms with van der Waals surface area (Å²) in [5, 5.41) is 5.06. The van der Waals surface area contributed by atoms with Crippen molar-refractivity contribution in [3.8, 4) is 28.1 Å². The molecule has 0 bridgehead atoms. The van der Waals surface area contributed by atoms with Gasteiger partial charge in [0.15, 0.2) is 0 Å². The molecule has 3 nitrogen and oxygen atoms in total. The molecule has 8 aromatic rings. The first-order chi connectivity index (χ1) is 24.8. The fourth-order valence-electron chi connectivity index (χ4n) is 7.87. The van der Waals surface area contributed by atoms with Gasteiger partial charge in [0.05, 0.1) is 28.1 Å². The van der Waals surface area contributed by atoms with E-state index in [1.807, 2.05) is 0 Å². The lowest BCUT2D eigenvalue weighted by molar-refractivity contribution is 1.04. The number of aromatic nitrogens is 2. The lowest BCUT2D eigenvalue weighted by Gasteiger charge is -2.27. The Morgan fingerprint density at radius 1 is 0.560 bits per heavy atom. The molecule has 0 atom stereocenters. The zero-order valence-electron chi connectivity index (χ0n) is 27.5. The number of hydrogen-bond acceptors (Lipinski definition) is 2. The number of para-hydroxylation sites is 2. The van der Waals surface area contributed by atoms with E-state index in [1.54, 1.807) is 0 Å². The summed E-state index contributed by atoms with van der Waals surface area (Å²) in [5.41, 5.74) is 14.0. The second-order valence-electron chi connectivity index (χ2n) is 13.1. The fraction of sp³-hybridized carbons (Fsp3) is 0.0426. The van der Waals surface area contributed by atoms with Crippen LogP contribution in [-0.2, 0) is 0 Å². The molecule has 50 heavy (non-hydrogen) atoms. The molecule has 3 heterocycles. The van der Waals surface area contributed by atoms with Crippen molar-refractivity contribution in [1.82, 2.24) is 9.55 Å². The molecule has 0 saturated heterocycles. The van der Waals surface area contributed by atoms with E-state index >= 15 is 0 Å². The number of hydrogen-bond donors (Lipinski definition) is 0. The second-order valence-corrected chi connectivity index (χ2v) is 13.1. The zero-order valence-corrected chi connectivity index (χ0v) is 27.5. The van der Waals surface area contributed by atoms with Gasteiger partial charge in [-0.15, -0.1) is 0 Å². The van der Waals surface area contributed by atoms with E-state index in [-0.39, 0.29) is 0 Å². The summed E-state index contributed by atoms with van der Waals surface area (Å²) in [5.74, 6) is 0. The Kier molecular flexibility index (Phi) is 6.63. The SMILES string of the molecule is C1=CCCC(c2cc(-c3cccc(-n4c5ccccc5c5c6c7c(cccc7cc54)N(c4ccccc4)C=C6)c3)cc(-c3ccccc3)n2)=C1. The van der Waals surface area contributed by atoms with Crippen LogP contribution in [0.5, 0.6) is 0 Å². The molecule has 6 aromatic carbocycles. The van der Waals surface area contributed by atoms with Gasteiger partial charge in [0, 0.05) is 39.3 Å². The van der Waals surface area contributed by atoms with Crippen LogP contribution in [0.15, 0.2) is 170 Å². The van der Waals surface area contributed by atoms with Gasteiger partial charge in [0.2, 0.25) is 0 Å². The van der Waals surface area contributed by atoms with Crippen molar-refractivity contribution in [1.29, 1.82) is 0 Å². The number of rotatable bonds is 5. The van der Waals surface area contributed by atoms with E-state index in [1.165, 1.54) is 60.5 Å². The standard InChI is InChI=1S/C47H33N3/c1-4-14-32(15-5-1)41-29-36(30-42(48-41)33-16-6-2-7-17-33)34-18-12-22-38(28-34)50-43-24-11-10-23-39(43)47-40-26-27-49(37-20-8-3-9-21-37)44-25-13-19-35(46(40)44)31-45(47)50/h1-6,8-16,18-31H,7,17H2. The highest BCUT2D eigenvalue weighted by Crippen LogP contribution is 2.45. The van der Waals surface area contributed by atoms with Gasteiger partial charge < -0.3 is 9.47 Å². The molecule has 0 saturated carbocycles. The molecule has 0 N–H and O–H groups in total. The number of fused-ring (bicyclic) bond motifs is 4. The predicted octanol–water partition coefficient (Wildman–Crippen LogP) is 12.5. The van der Waals surface area contributed by atoms with Crippen molar-refractivity contribution >= 4 is 55.6 Å². The highest BCUT2D eigenvalue weighted by Gasteiger charge is 2.23. The topological polar surface area (TPSA) is 21.1 Å². The van der Waals surface area contributed by atoms with Crippen LogP contribution < -0.4 is 4.90 Å². The number of benzene rings is 6. The Morgan fingerprint density at radius 2 is 1.32 bits per heavy atom. The minimum Gasteiger partial charge on any atom is -0.317 e. The minimum atomic E-state index is 0.994. The number of anilines is 2. The molecular formula is C47H33N3. The van der Waals surface area contributed by atoms with Crippen molar-refractivity contribution in [3.63, 3.8) is 0 Å². The molecular weight excluding hydrogens is 607 g/mol. The summed E-state index contributed by atoms with van der Waals surface area (Å²) >= 11 is 0. The van der Waals surface area contributed by atoms with E-state index in [9.17, 15) is 0 Å². The van der Waals surface area contributed by atoms with E-state index < -0.39 is 0 Å². The van der Waals surface area contributed by atoms with Gasteiger partial charge in [0.25, 0.3) is 0 Å². The van der Waals surface area contributed by atoms with Crippen LogP contribution in [-0.4, -0.2) is 9.55 Å². The summed E-state index contributed by atoms with van der Waals surface area (Å²) in [6, 6.07) is 52.5. The summed E-state index contributed by atoms with van der Waals surface area (Å²) in [6.45, 7) is 0. The van der Waals surface area contributed by atoms with Crippen molar-refractivity contribution in [2.75, 3.05) is 4.90 Å². The Morgan fingerprint density at radius 3 is 2.18 bits per heavy atom. The minimum absolute atomic E-state index is 0.994. The van der Waals surface area contributed by atoms with Crippen molar-refractivity contribution in [2.45, 2.75) is 12.8 Å². The molecule has 236 valence electrons. The van der Waals surface area contributed by atoms with Gasteiger partial charge in [-0.25, -0.2) is 4.98 Å². The van der Waals surface area contributed by atoms with Crippen LogP contribution in [0.3, 0.4) is 0 Å². The van der Waals surface area contributed by atoms with Crippen LogP contribution in [0.25, 0.3) is 72.3 Å². The van der Waals surface area contributed by atoms with Crippen molar-refractivity contribution in [3.05, 3.63) is 181 Å². The summed E-state index contributed by atoms with van der Waals surface area (Å²) < 4.78 is 2.45. The van der Waals surface area contributed by atoms with Crippen molar-refractivity contribution < 1.29 is 0 Å². The van der Waals surface area contributed by atoms with Gasteiger partial charge >= 0.3 is 0 Å². The molecule has 1 aliphatic heterocycles. The van der Waals surface area contributed by atoms with Crippen LogP contribution in [0, 0.1) is 0 Å². The maximum Gasteiger partial charge on any atom is 0.0715 e. The monoisotopic (exact) mass is 639 g/mol. The average Bonchev–Trinajstić information content (AvgIpc) is 3.53. The number of pyridine rings is 1. The zero-order chi connectivity index (χ0) is 33.0. The molecule has 0 radical (unpaired) electrons. The molecule has 2 aliphatic rings. The smallest absolute Gasteiger partial charge is 0.0715 e. The molecule has 2 aromatic heterocycles. The summed E-state index contributed by atoms with van der Waals surface area (Å²) in [7, 11) is 0. The van der Waals surface area contributed by atoms with E-state index in [2.05, 4.69) is 186 Å². The highest BCUT2D eigenvalue weighted by atomic mass is 15.1. The largest absolute Gasteiger partial charge is 0.317 e. The summed E-state index contributed by atoms with van der Waals surface area (Å²) in [6.07, 6.45) is 13.2. The van der Waals surface area contributed by atoms with Gasteiger partial charge in [-0.2, -0.15) is 0 Å². The average molecular weight is 640 g/mol. The van der Waals surface area contributed by atoms with E-state index in [0.29, 0.717) is 0 Å². The van der Waals surface area contributed by atoms with Crippen molar-refractivity contribution in [2.24, 2.45) is 0 Å². The normalized spacial score (nSPS) is 13.8. The molecule has 1 aliphatic carbocycles. The third-order valence-electron chi connectivity index (χ3n) is 10.2. The Labute approximate surface area is 291 Å². The fourth-order valence-corrected chi connectivity index (χ4v) is 7.87. The van der Waals surface area contributed by atoms with E-state index in [0.717, 1.165) is 41.2 Å². The van der Waals surface area contributed by atoms with Gasteiger partial charge in [-0.3, -0.25) is 0 Å². The quantitative estimate of drug-likeness (QED) is 0.187. The van der Waals surface area contributed by atoms with Gasteiger partial charge in [0.1, 0.15) is 0 Å². The van der Waals surface area contributed by atoms with Crippen LogP contribution >= 0.6 is 0 Å². The maximum atomic E-state index is 5.18. The highest BCUT2D eigenvalue weighted by molar-refractivity contribution is 6.22. The third kappa shape index (κ3) is 4.62. The molecule has 10 rings (SSSR count). The van der Waals surface area contributed by atoms with Crippen LogP contribution in [0.1, 0.15) is 24.1 Å². The number of nitrogens with zero attached hydrogens (tertiary/aromatic N) is 3. The van der Waals surface area contributed by atoms with E-state index in [4.69, 9.17) is 4.98 Å². The predicted molar refractivity (Wildman–Crippen MR) is 211 cm³/mol. The first-order valence-corrected chi connectivity index (χ1v) is 17.4. The lowest BCUT2D eigenvalue weighted by Crippen LogP contribution is -2.11. The second kappa shape index (κ2) is 11.6. The van der Waals surface area contributed by atoms with Crippen LogP contribution in [0.4, 0.5) is 11.4 Å². The van der Waals surface area contributed by atoms with Gasteiger partial charge in [-0.05, 0) is 101 Å². The first-order valence-electron chi connectivity index (χ1n) is 17.4. The molecule has 0 unspecified atom stereocenters. The van der Waals surface area contributed by atoms with Crippen LogP contribution in [0.2, 0.25) is 0 Å². The summed E-state index contributed by atoms with van der Waals surface area (Å²) in [4.78, 5) is 7.48. The first kappa shape index (κ1) is 28.6. The lowest BCUT2D eigenvalue weighted by atomic mass is 9.94. The maximum absolute atomic E-state index is 5.18. The third-order valence-corrected chi connectivity index (χ3v) is 10.2. The molecule has 3 heteroatoms. The molecule has 0 fully saturated rings.